The fourth-order valence-corrected chi connectivity index (χ4v) is 2.40. The van der Waals surface area contributed by atoms with E-state index >= 15 is 0 Å². The molecule has 22 heavy (non-hydrogen) atoms. The van der Waals surface area contributed by atoms with Crippen molar-refractivity contribution in [1.82, 2.24) is 9.80 Å². The molecule has 1 aliphatic heterocycles. The van der Waals surface area contributed by atoms with Crippen molar-refractivity contribution in [3.63, 3.8) is 0 Å². The minimum absolute atomic E-state index is 0.161. The molecule has 1 heterocycles. The van der Waals surface area contributed by atoms with E-state index in [-0.39, 0.29) is 18.3 Å². The van der Waals surface area contributed by atoms with Crippen molar-refractivity contribution >= 4 is 17.6 Å². The molecule has 6 nitrogen and oxygen atoms in total. The van der Waals surface area contributed by atoms with E-state index in [2.05, 4.69) is 5.32 Å². The molecule has 0 bridgehead atoms. The van der Waals surface area contributed by atoms with Crippen LogP contribution < -0.4 is 5.32 Å². The van der Waals surface area contributed by atoms with Crippen molar-refractivity contribution in [2.75, 3.05) is 38.0 Å². The van der Waals surface area contributed by atoms with Gasteiger partial charge >= 0.3 is 5.97 Å². The molecule has 0 saturated carbocycles. The van der Waals surface area contributed by atoms with Gasteiger partial charge in [0.15, 0.2) is 0 Å². The summed E-state index contributed by atoms with van der Waals surface area (Å²) in [6.07, 6.45) is 0. The Morgan fingerprint density at radius 2 is 1.82 bits per heavy atom. The van der Waals surface area contributed by atoms with Crippen LogP contribution in [0.15, 0.2) is 24.3 Å². The van der Waals surface area contributed by atoms with Crippen LogP contribution in [-0.4, -0.2) is 65.5 Å². The Labute approximate surface area is 128 Å². The zero-order valence-corrected chi connectivity index (χ0v) is 12.5. The monoisotopic (exact) mass is 309 g/mol. The summed E-state index contributed by atoms with van der Waals surface area (Å²) in [5.41, 5.74) is 0.560. The highest BCUT2D eigenvalue weighted by molar-refractivity contribution is 5.92. The Balaban J connectivity index is 1.77. The number of amides is 1. The van der Waals surface area contributed by atoms with E-state index in [0.717, 1.165) is 0 Å². The first-order valence-corrected chi connectivity index (χ1v) is 7.20. The van der Waals surface area contributed by atoms with E-state index < -0.39 is 12.0 Å². The van der Waals surface area contributed by atoms with Crippen LogP contribution in [0.4, 0.5) is 10.1 Å². The van der Waals surface area contributed by atoms with Crippen LogP contribution in [0.1, 0.15) is 6.92 Å². The highest BCUT2D eigenvalue weighted by atomic mass is 19.1. The third-order valence-electron chi connectivity index (χ3n) is 3.81. The molecular weight excluding hydrogens is 289 g/mol. The summed E-state index contributed by atoms with van der Waals surface area (Å²) in [4.78, 5) is 26.7. The minimum atomic E-state index is -0.831. The molecule has 1 unspecified atom stereocenters. The normalized spacial score (nSPS) is 17.9. The highest BCUT2D eigenvalue weighted by Gasteiger charge is 2.25. The number of rotatable bonds is 5. The molecule has 2 rings (SSSR count). The summed E-state index contributed by atoms with van der Waals surface area (Å²) < 4.78 is 12.8. The number of benzene rings is 1. The van der Waals surface area contributed by atoms with E-state index in [1.54, 1.807) is 6.92 Å². The van der Waals surface area contributed by atoms with Crippen molar-refractivity contribution in [3.8, 4) is 0 Å². The molecule has 0 aliphatic carbocycles. The van der Waals surface area contributed by atoms with Crippen LogP contribution in [-0.2, 0) is 9.59 Å². The topological polar surface area (TPSA) is 72.9 Å². The van der Waals surface area contributed by atoms with E-state index in [9.17, 15) is 14.0 Å². The van der Waals surface area contributed by atoms with E-state index in [0.29, 0.717) is 31.9 Å². The van der Waals surface area contributed by atoms with Gasteiger partial charge in [-0.1, -0.05) is 0 Å². The molecule has 7 heteroatoms. The molecule has 1 fully saturated rings. The summed E-state index contributed by atoms with van der Waals surface area (Å²) in [6, 6.07) is 5.11. The number of carboxylic acids is 1. The summed E-state index contributed by atoms with van der Waals surface area (Å²) in [6.45, 7) is 4.45. The third kappa shape index (κ3) is 4.51. The lowest BCUT2D eigenvalue weighted by molar-refractivity contribution is -0.143. The highest BCUT2D eigenvalue weighted by Crippen LogP contribution is 2.09. The van der Waals surface area contributed by atoms with Crippen molar-refractivity contribution < 1.29 is 19.1 Å². The Kier molecular flexibility index (Phi) is 5.46. The first-order chi connectivity index (χ1) is 10.5. The summed E-state index contributed by atoms with van der Waals surface area (Å²) >= 11 is 0. The maximum atomic E-state index is 12.8. The average molecular weight is 309 g/mol. The lowest BCUT2D eigenvalue weighted by atomic mass is 10.2. The zero-order valence-electron chi connectivity index (χ0n) is 12.5. The number of piperazine rings is 1. The molecular formula is C15H20FN3O3. The lowest BCUT2D eigenvalue weighted by Gasteiger charge is -2.36. The van der Waals surface area contributed by atoms with E-state index in [1.165, 1.54) is 24.3 Å². The van der Waals surface area contributed by atoms with Gasteiger partial charge < -0.3 is 10.4 Å². The number of carbonyl (C=O) groups is 2. The number of anilines is 1. The standard InChI is InChI=1S/C15H20FN3O3/c1-11(15(21)22)19-8-6-18(7-9-19)10-14(20)17-13-4-2-12(16)3-5-13/h2-5,11H,6-10H2,1H3,(H,17,20)(H,21,22). The van der Waals surface area contributed by atoms with Crippen LogP contribution in [0.2, 0.25) is 0 Å². The van der Waals surface area contributed by atoms with Crippen LogP contribution in [0, 0.1) is 5.82 Å². The van der Waals surface area contributed by atoms with Gasteiger partial charge in [-0.05, 0) is 31.2 Å². The van der Waals surface area contributed by atoms with Crippen LogP contribution in [0.3, 0.4) is 0 Å². The first kappa shape index (κ1) is 16.4. The SMILES string of the molecule is CC(C(=O)O)N1CCN(CC(=O)Nc2ccc(F)cc2)CC1. The molecule has 2 N–H and O–H groups in total. The predicted molar refractivity (Wildman–Crippen MR) is 80.1 cm³/mol. The Morgan fingerprint density at radius 1 is 1.23 bits per heavy atom. The van der Waals surface area contributed by atoms with Gasteiger partial charge in [0.05, 0.1) is 6.54 Å². The third-order valence-corrected chi connectivity index (χ3v) is 3.81. The van der Waals surface area contributed by atoms with Crippen LogP contribution >= 0.6 is 0 Å². The second-order valence-electron chi connectivity index (χ2n) is 5.38. The number of hydrogen-bond acceptors (Lipinski definition) is 4. The van der Waals surface area contributed by atoms with Gasteiger partial charge in [-0.3, -0.25) is 19.4 Å². The van der Waals surface area contributed by atoms with Crippen molar-refractivity contribution in [2.24, 2.45) is 0 Å². The summed E-state index contributed by atoms with van der Waals surface area (Å²) in [7, 11) is 0. The van der Waals surface area contributed by atoms with Gasteiger partial charge in [0.25, 0.3) is 0 Å². The number of nitrogens with one attached hydrogen (secondary N) is 1. The molecule has 1 atom stereocenters. The molecule has 120 valence electrons. The number of carboxylic acid groups (broad SMARTS) is 1. The van der Waals surface area contributed by atoms with Gasteiger partial charge in [-0.25, -0.2) is 4.39 Å². The Hall–Kier alpha value is -1.99. The molecule has 1 aromatic carbocycles. The van der Waals surface area contributed by atoms with Gasteiger partial charge in [0.1, 0.15) is 11.9 Å². The van der Waals surface area contributed by atoms with Gasteiger partial charge in [0.2, 0.25) is 5.91 Å². The minimum Gasteiger partial charge on any atom is -0.480 e. The molecule has 1 amide bonds. The molecule has 1 aromatic rings. The Morgan fingerprint density at radius 3 is 2.36 bits per heavy atom. The average Bonchev–Trinajstić information content (AvgIpc) is 2.49. The lowest BCUT2D eigenvalue weighted by Crippen LogP contribution is -2.52. The summed E-state index contributed by atoms with van der Waals surface area (Å²) in [5, 5.41) is 11.7. The van der Waals surface area contributed by atoms with Gasteiger partial charge in [0, 0.05) is 31.9 Å². The van der Waals surface area contributed by atoms with Crippen molar-refractivity contribution in [2.45, 2.75) is 13.0 Å². The van der Waals surface area contributed by atoms with Crippen LogP contribution in [0.25, 0.3) is 0 Å². The van der Waals surface area contributed by atoms with Crippen LogP contribution in [0.5, 0.6) is 0 Å². The zero-order chi connectivity index (χ0) is 16.1. The van der Waals surface area contributed by atoms with Crippen molar-refractivity contribution in [3.05, 3.63) is 30.1 Å². The number of aliphatic carboxylic acids is 1. The fourth-order valence-electron chi connectivity index (χ4n) is 2.40. The molecule has 0 radical (unpaired) electrons. The number of hydrogen-bond donors (Lipinski definition) is 2. The van der Waals surface area contributed by atoms with E-state index in [4.69, 9.17) is 5.11 Å². The molecule has 0 spiro atoms. The quantitative estimate of drug-likeness (QED) is 0.844. The maximum absolute atomic E-state index is 12.8. The molecule has 0 aromatic heterocycles. The fraction of sp³-hybridized carbons (Fsp3) is 0.467. The summed E-state index contributed by atoms with van der Waals surface area (Å²) in [5.74, 6) is -1.34. The number of nitrogens with zero attached hydrogens (tertiary/aromatic N) is 2. The smallest absolute Gasteiger partial charge is 0.320 e. The second-order valence-corrected chi connectivity index (χ2v) is 5.38. The maximum Gasteiger partial charge on any atom is 0.320 e. The predicted octanol–water partition coefficient (Wildman–Crippen LogP) is 0.855. The van der Waals surface area contributed by atoms with E-state index in [1.807, 2.05) is 9.80 Å². The second kappa shape index (κ2) is 7.33. The largest absolute Gasteiger partial charge is 0.480 e. The van der Waals surface area contributed by atoms with Crippen molar-refractivity contribution in [1.29, 1.82) is 0 Å². The van der Waals surface area contributed by atoms with Gasteiger partial charge in [-0.2, -0.15) is 0 Å². The number of carbonyl (C=O) groups excluding carboxylic acids is 1. The van der Waals surface area contributed by atoms with Gasteiger partial charge in [-0.15, -0.1) is 0 Å². The number of halogens is 1. The Bertz CT molecular complexity index is 527. The molecule has 1 saturated heterocycles. The first-order valence-electron chi connectivity index (χ1n) is 7.20. The molecule has 1 aliphatic rings.